The molecule has 1 aliphatic heterocycles. The van der Waals surface area contributed by atoms with E-state index in [1.807, 2.05) is 23.1 Å². The second-order valence-electron chi connectivity index (χ2n) is 9.02. The predicted molar refractivity (Wildman–Crippen MR) is 135 cm³/mol. The van der Waals surface area contributed by atoms with Gasteiger partial charge in [0, 0.05) is 11.4 Å². The summed E-state index contributed by atoms with van der Waals surface area (Å²) in [5.74, 6) is 0.109. The zero-order chi connectivity index (χ0) is 22.1. The fourth-order valence-corrected chi connectivity index (χ4v) is 10.7. The monoisotopic (exact) mass is 513 g/mol. The van der Waals surface area contributed by atoms with Crippen LogP contribution in [0.5, 0.6) is 0 Å². The molecule has 0 N–H and O–H groups in total. The van der Waals surface area contributed by atoms with Crippen LogP contribution < -0.4 is 10.4 Å². The summed E-state index contributed by atoms with van der Waals surface area (Å²) in [7, 11) is -2.73. The molecule has 0 aliphatic carbocycles. The smallest absolute Gasteiger partial charge is 0.262 e. The van der Waals surface area contributed by atoms with Crippen molar-refractivity contribution in [3.05, 3.63) is 81.5 Å². The molecule has 1 aromatic heterocycles. The van der Waals surface area contributed by atoms with Crippen LogP contribution in [0.1, 0.15) is 32.1 Å². The minimum absolute atomic E-state index is 0.109. The van der Waals surface area contributed by atoms with E-state index in [0.29, 0.717) is 6.54 Å². The molecule has 0 saturated carbocycles. The fourth-order valence-electron chi connectivity index (χ4n) is 4.51. The lowest BCUT2D eigenvalue weighted by Crippen LogP contribution is -2.68. The Kier molecular flexibility index (Phi) is 6.54. The van der Waals surface area contributed by atoms with Crippen LogP contribution >= 0.6 is 27.3 Å². The molecule has 1 aliphatic rings. The summed E-state index contributed by atoms with van der Waals surface area (Å²) in [6.45, 7) is 8.13. The molecule has 0 spiro atoms. The molecule has 0 bridgehead atoms. The number of carbonyl (C=O) groups is 1. The van der Waals surface area contributed by atoms with Crippen molar-refractivity contribution in [2.45, 2.75) is 44.9 Å². The fraction of sp³-hybridized carbons (Fsp3) is 0.320. The predicted octanol–water partition coefficient (Wildman–Crippen LogP) is 5.19. The van der Waals surface area contributed by atoms with Crippen molar-refractivity contribution in [3.8, 4) is 0 Å². The van der Waals surface area contributed by atoms with E-state index in [9.17, 15) is 4.79 Å². The number of nitrogens with zero attached hydrogens (tertiary/aromatic N) is 1. The average Bonchev–Trinajstić information content (AvgIpc) is 3.32. The average molecular weight is 515 g/mol. The number of likely N-dealkylation sites (tertiary alicyclic amines) is 1. The van der Waals surface area contributed by atoms with Crippen LogP contribution in [0.15, 0.2) is 76.6 Å². The molecule has 31 heavy (non-hydrogen) atoms. The number of hydrogen-bond donors (Lipinski definition) is 0. The number of hydrogen-bond acceptors (Lipinski definition) is 3. The van der Waals surface area contributed by atoms with E-state index in [1.54, 1.807) is 11.3 Å². The Balaban J connectivity index is 1.69. The third kappa shape index (κ3) is 4.44. The van der Waals surface area contributed by atoms with Gasteiger partial charge in [0.25, 0.3) is 14.2 Å². The standard InChI is InChI=1S/C25H28BrNO2SSi/c1-25(2,3)31(20-10-6-4-7-11-20,21-12-8-5-9-13-21)29-22-16-17-27(24(22)28)18-19-14-15-23(26)30-19/h4-15,22H,16-18H2,1-3H3. The second-order valence-corrected chi connectivity index (χ2v) is 15.8. The third-order valence-electron chi connectivity index (χ3n) is 5.96. The van der Waals surface area contributed by atoms with Gasteiger partial charge in [0.2, 0.25) is 0 Å². The van der Waals surface area contributed by atoms with Gasteiger partial charge in [-0.2, -0.15) is 0 Å². The number of halogens is 1. The maximum atomic E-state index is 13.4. The Hall–Kier alpha value is -1.73. The molecular formula is C25H28BrNO2SSi. The van der Waals surface area contributed by atoms with Crippen LogP contribution in [0.3, 0.4) is 0 Å². The molecule has 1 unspecified atom stereocenters. The van der Waals surface area contributed by atoms with Gasteiger partial charge in [-0.05, 0) is 49.9 Å². The van der Waals surface area contributed by atoms with Gasteiger partial charge < -0.3 is 9.33 Å². The van der Waals surface area contributed by atoms with Gasteiger partial charge in [-0.1, -0.05) is 81.4 Å². The zero-order valence-electron chi connectivity index (χ0n) is 18.2. The normalized spacial score (nSPS) is 17.4. The van der Waals surface area contributed by atoms with E-state index >= 15 is 0 Å². The SMILES string of the molecule is CC(C)(C)[Si](OC1CCN(Cc2ccc(Br)s2)C1=O)(c1ccccc1)c1ccccc1. The summed E-state index contributed by atoms with van der Waals surface area (Å²) in [6, 6.07) is 25.2. The number of amides is 1. The lowest BCUT2D eigenvalue weighted by molar-refractivity contribution is -0.134. The number of carbonyl (C=O) groups excluding carboxylic acids is 1. The summed E-state index contributed by atoms with van der Waals surface area (Å²) >= 11 is 5.20. The van der Waals surface area contributed by atoms with Crippen LogP contribution in [0.25, 0.3) is 0 Å². The van der Waals surface area contributed by atoms with E-state index in [2.05, 4.69) is 91.3 Å². The second kappa shape index (κ2) is 9.02. The highest BCUT2D eigenvalue weighted by Gasteiger charge is 2.53. The first-order valence-electron chi connectivity index (χ1n) is 10.6. The molecule has 2 aromatic carbocycles. The first-order valence-corrected chi connectivity index (χ1v) is 14.1. The van der Waals surface area contributed by atoms with Crippen LogP contribution in [-0.2, 0) is 15.8 Å². The van der Waals surface area contributed by atoms with Gasteiger partial charge in [-0.3, -0.25) is 4.79 Å². The van der Waals surface area contributed by atoms with E-state index in [-0.39, 0.29) is 10.9 Å². The quantitative estimate of drug-likeness (QED) is 0.424. The lowest BCUT2D eigenvalue weighted by Gasteiger charge is -2.44. The first-order chi connectivity index (χ1) is 14.8. The summed E-state index contributed by atoms with van der Waals surface area (Å²) < 4.78 is 8.15. The number of benzene rings is 2. The minimum atomic E-state index is -2.73. The highest BCUT2D eigenvalue weighted by atomic mass is 79.9. The Morgan fingerprint density at radius 2 is 1.58 bits per heavy atom. The van der Waals surface area contributed by atoms with Gasteiger partial charge in [-0.25, -0.2) is 0 Å². The van der Waals surface area contributed by atoms with Crippen molar-refractivity contribution >= 4 is 51.9 Å². The van der Waals surface area contributed by atoms with Gasteiger partial charge in [0.15, 0.2) is 0 Å². The molecule has 1 amide bonds. The van der Waals surface area contributed by atoms with Crippen LogP contribution in [0.2, 0.25) is 5.04 Å². The van der Waals surface area contributed by atoms with Crippen molar-refractivity contribution in [1.29, 1.82) is 0 Å². The van der Waals surface area contributed by atoms with Gasteiger partial charge in [0.1, 0.15) is 6.10 Å². The van der Waals surface area contributed by atoms with E-state index in [0.717, 1.165) is 16.8 Å². The number of thiophene rings is 1. The molecular weight excluding hydrogens is 486 g/mol. The largest absolute Gasteiger partial charge is 0.395 e. The highest BCUT2D eigenvalue weighted by molar-refractivity contribution is 9.11. The van der Waals surface area contributed by atoms with Crippen molar-refractivity contribution in [2.24, 2.45) is 0 Å². The Morgan fingerprint density at radius 3 is 2.06 bits per heavy atom. The molecule has 162 valence electrons. The van der Waals surface area contributed by atoms with E-state index in [4.69, 9.17) is 4.43 Å². The molecule has 1 atom stereocenters. The van der Waals surface area contributed by atoms with Crippen LogP contribution in [0.4, 0.5) is 0 Å². The Morgan fingerprint density at radius 1 is 1.00 bits per heavy atom. The van der Waals surface area contributed by atoms with Crippen molar-refractivity contribution in [2.75, 3.05) is 6.54 Å². The maximum Gasteiger partial charge on any atom is 0.262 e. The van der Waals surface area contributed by atoms with Gasteiger partial charge >= 0.3 is 0 Å². The van der Waals surface area contributed by atoms with E-state index in [1.165, 1.54) is 15.3 Å². The third-order valence-corrected chi connectivity index (χ3v) is 12.6. The van der Waals surface area contributed by atoms with Gasteiger partial charge in [-0.15, -0.1) is 11.3 Å². The zero-order valence-corrected chi connectivity index (χ0v) is 21.6. The van der Waals surface area contributed by atoms with Crippen molar-refractivity contribution in [3.63, 3.8) is 0 Å². The number of rotatable bonds is 6. The molecule has 3 aromatic rings. The highest BCUT2D eigenvalue weighted by Crippen LogP contribution is 2.39. The van der Waals surface area contributed by atoms with Crippen LogP contribution in [0, 0.1) is 0 Å². The van der Waals surface area contributed by atoms with E-state index < -0.39 is 14.4 Å². The van der Waals surface area contributed by atoms with Crippen molar-refractivity contribution in [1.82, 2.24) is 4.90 Å². The summed E-state index contributed by atoms with van der Waals surface area (Å²) in [5.41, 5.74) is 0. The molecule has 6 heteroatoms. The molecule has 2 heterocycles. The first kappa shape index (κ1) is 22.5. The summed E-state index contributed by atoms with van der Waals surface area (Å²) in [4.78, 5) is 16.5. The molecule has 0 radical (unpaired) electrons. The van der Waals surface area contributed by atoms with Crippen LogP contribution in [-0.4, -0.2) is 31.8 Å². The minimum Gasteiger partial charge on any atom is -0.395 e. The molecule has 1 saturated heterocycles. The van der Waals surface area contributed by atoms with Gasteiger partial charge in [0.05, 0.1) is 10.3 Å². The topological polar surface area (TPSA) is 29.5 Å². The Bertz CT molecular complexity index is 993. The summed E-state index contributed by atoms with van der Waals surface area (Å²) in [6.07, 6.45) is 0.324. The van der Waals surface area contributed by atoms with Crippen molar-refractivity contribution < 1.29 is 9.22 Å². The molecule has 4 rings (SSSR count). The Labute approximate surface area is 198 Å². The molecule has 3 nitrogen and oxygen atoms in total. The lowest BCUT2D eigenvalue weighted by atomic mass is 10.2. The maximum absolute atomic E-state index is 13.4. The summed E-state index contributed by atoms with van der Waals surface area (Å²) in [5, 5.41) is 2.28. The molecule has 1 fully saturated rings.